The van der Waals surface area contributed by atoms with Gasteiger partial charge in [0.1, 0.15) is 0 Å². The molecular weight excluding hydrogens is 421 g/mol. The summed E-state index contributed by atoms with van der Waals surface area (Å²) in [5.41, 5.74) is 1.01. The molecule has 3 fully saturated rings. The molecule has 2 saturated heterocycles. The van der Waals surface area contributed by atoms with E-state index in [4.69, 9.17) is 32.7 Å². The molecule has 1 saturated carbocycles. The Labute approximate surface area is 190 Å². The first kappa shape index (κ1) is 22.4. The van der Waals surface area contributed by atoms with E-state index in [9.17, 15) is 4.79 Å². The number of nitrogens with zero attached hydrogens (tertiary/aromatic N) is 1. The molecule has 166 valence electrons. The standard InChI is InChI=1S/C24H33Cl2NO3/c1-15-11-20(12-16(2)23(15)30-22-5-3-4-10-29-22)27-9-8-18(24(27)28)13-17-6-7-19(25)14-21(17)26/h6-7,14-16,18,20,22-23H,3-5,8-13H2,1-2H3. The van der Waals surface area contributed by atoms with Crippen LogP contribution >= 0.6 is 23.2 Å². The van der Waals surface area contributed by atoms with E-state index in [1.165, 1.54) is 6.42 Å². The molecule has 0 bridgehead atoms. The van der Waals surface area contributed by atoms with Crippen molar-refractivity contribution in [3.05, 3.63) is 33.8 Å². The lowest BCUT2D eigenvalue weighted by Crippen LogP contribution is -2.48. The Bertz CT molecular complexity index is 740. The fourth-order valence-electron chi connectivity index (χ4n) is 5.57. The van der Waals surface area contributed by atoms with Gasteiger partial charge in [0.05, 0.1) is 6.10 Å². The summed E-state index contributed by atoms with van der Waals surface area (Å²) >= 11 is 12.4. The Morgan fingerprint density at radius 1 is 1.13 bits per heavy atom. The van der Waals surface area contributed by atoms with Gasteiger partial charge in [0.2, 0.25) is 5.91 Å². The van der Waals surface area contributed by atoms with Crippen molar-refractivity contribution in [1.82, 2.24) is 4.90 Å². The summed E-state index contributed by atoms with van der Waals surface area (Å²) < 4.78 is 12.2. The van der Waals surface area contributed by atoms with E-state index in [0.717, 1.165) is 50.8 Å². The van der Waals surface area contributed by atoms with Crippen molar-refractivity contribution < 1.29 is 14.3 Å². The zero-order chi connectivity index (χ0) is 21.3. The summed E-state index contributed by atoms with van der Waals surface area (Å²) in [5.74, 6) is 1.13. The third-order valence-corrected chi connectivity index (χ3v) is 7.72. The maximum atomic E-state index is 13.2. The van der Waals surface area contributed by atoms with Crippen LogP contribution in [0.15, 0.2) is 18.2 Å². The van der Waals surface area contributed by atoms with Crippen molar-refractivity contribution in [1.29, 1.82) is 0 Å². The van der Waals surface area contributed by atoms with E-state index in [-0.39, 0.29) is 24.2 Å². The molecule has 1 aromatic carbocycles. The van der Waals surface area contributed by atoms with Gasteiger partial charge < -0.3 is 14.4 Å². The summed E-state index contributed by atoms with van der Waals surface area (Å²) in [5, 5.41) is 1.28. The second-order valence-electron chi connectivity index (χ2n) is 9.43. The zero-order valence-corrected chi connectivity index (χ0v) is 19.5. The number of carbonyl (C=O) groups is 1. The van der Waals surface area contributed by atoms with Crippen LogP contribution in [0.1, 0.15) is 57.9 Å². The molecule has 2 aliphatic heterocycles. The van der Waals surface area contributed by atoms with Crippen LogP contribution in [-0.4, -0.2) is 42.4 Å². The van der Waals surface area contributed by atoms with Gasteiger partial charge in [-0.25, -0.2) is 0 Å². The second kappa shape index (κ2) is 9.77. The Kier molecular flexibility index (Phi) is 7.29. The fraction of sp³-hybridized carbons (Fsp3) is 0.708. The van der Waals surface area contributed by atoms with Crippen LogP contribution in [0.2, 0.25) is 10.0 Å². The van der Waals surface area contributed by atoms with Gasteiger partial charge in [-0.15, -0.1) is 0 Å². The first-order chi connectivity index (χ1) is 14.4. The van der Waals surface area contributed by atoms with E-state index in [2.05, 4.69) is 18.7 Å². The van der Waals surface area contributed by atoms with Gasteiger partial charge in [-0.1, -0.05) is 43.1 Å². The molecule has 1 aliphatic carbocycles. The molecule has 4 atom stereocenters. The van der Waals surface area contributed by atoms with Crippen molar-refractivity contribution in [2.24, 2.45) is 17.8 Å². The molecule has 30 heavy (non-hydrogen) atoms. The molecule has 6 heteroatoms. The lowest BCUT2D eigenvalue weighted by molar-refractivity contribution is -0.215. The molecule has 2 heterocycles. The van der Waals surface area contributed by atoms with Crippen LogP contribution in [0, 0.1) is 17.8 Å². The number of hydrogen-bond donors (Lipinski definition) is 0. The quantitative estimate of drug-likeness (QED) is 0.570. The number of amides is 1. The lowest BCUT2D eigenvalue weighted by Gasteiger charge is -2.43. The normalized spacial score (nSPS) is 35.1. The highest BCUT2D eigenvalue weighted by atomic mass is 35.5. The minimum atomic E-state index is -0.0490. The molecular formula is C24H33Cl2NO3. The van der Waals surface area contributed by atoms with Crippen molar-refractivity contribution in [3.8, 4) is 0 Å². The third-order valence-electron chi connectivity index (χ3n) is 7.13. The van der Waals surface area contributed by atoms with Gasteiger partial charge in [-0.3, -0.25) is 4.79 Å². The molecule has 4 unspecified atom stereocenters. The van der Waals surface area contributed by atoms with Crippen LogP contribution < -0.4 is 0 Å². The van der Waals surface area contributed by atoms with Crippen LogP contribution in [-0.2, 0) is 20.7 Å². The van der Waals surface area contributed by atoms with E-state index in [1.807, 2.05) is 12.1 Å². The summed E-state index contributed by atoms with van der Waals surface area (Å²) in [7, 11) is 0. The van der Waals surface area contributed by atoms with E-state index in [1.54, 1.807) is 6.07 Å². The molecule has 3 aliphatic rings. The Balaban J connectivity index is 1.35. The number of hydrogen-bond acceptors (Lipinski definition) is 3. The van der Waals surface area contributed by atoms with Crippen molar-refractivity contribution in [2.75, 3.05) is 13.2 Å². The average Bonchev–Trinajstić information content (AvgIpc) is 3.08. The van der Waals surface area contributed by atoms with Gasteiger partial charge in [0.15, 0.2) is 6.29 Å². The zero-order valence-electron chi connectivity index (χ0n) is 18.0. The summed E-state index contributed by atoms with van der Waals surface area (Å²) in [6, 6.07) is 5.86. The van der Waals surface area contributed by atoms with Crippen molar-refractivity contribution in [3.63, 3.8) is 0 Å². The highest BCUT2D eigenvalue weighted by Gasteiger charge is 2.42. The smallest absolute Gasteiger partial charge is 0.226 e. The summed E-state index contributed by atoms with van der Waals surface area (Å²) in [4.78, 5) is 15.3. The number of carbonyl (C=O) groups excluding carboxylic acids is 1. The van der Waals surface area contributed by atoms with E-state index < -0.39 is 0 Å². The minimum absolute atomic E-state index is 0.0129. The third kappa shape index (κ3) is 4.98. The largest absolute Gasteiger partial charge is 0.353 e. The Hall–Kier alpha value is -0.810. The molecule has 0 radical (unpaired) electrons. The lowest BCUT2D eigenvalue weighted by atomic mass is 9.77. The predicted molar refractivity (Wildman–Crippen MR) is 120 cm³/mol. The van der Waals surface area contributed by atoms with Gasteiger partial charge in [-0.2, -0.15) is 0 Å². The topological polar surface area (TPSA) is 38.8 Å². The van der Waals surface area contributed by atoms with E-state index in [0.29, 0.717) is 34.3 Å². The minimum Gasteiger partial charge on any atom is -0.353 e. The Morgan fingerprint density at radius 2 is 1.90 bits per heavy atom. The molecule has 0 N–H and O–H groups in total. The van der Waals surface area contributed by atoms with Gasteiger partial charge in [-0.05, 0) is 74.5 Å². The number of ether oxygens (including phenoxy) is 2. The van der Waals surface area contributed by atoms with Crippen LogP contribution in [0.25, 0.3) is 0 Å². The predicted octanol–water partition coefficient (Wildman–Crippen LogP) is 5.73. The number of rotatable bonds is 5. The van der Waals surface area contributed by atoms with Gasteiger partial charge in [0, 0.05) is 35.2 Å². The molecule has 0 spiro atoms. The molecule has 0 aromatic heterocycles. The second-order valence-corrected chi connectivity index (χ2v) is 10.3. The molecule has 4 rings (SSSR count). The average molecular weight is 454 g/mol. The van der Waals surface area contributed by atoms with Gasteiger partial charge >= 0.3 is 0 Å². The summed E-state index contributed by atoms with van der Waals surface area (Å²) in [6.07, 6.45) is 7.07. The van der Waals surface area contributed by atoms with Crippen LogP contribution in [0.3, 0.4) is 0 Å². The van der Waals surface area contributed by atoms with Crippen molar-refractivity contribution in [2.45, 2.75) is 77.2 Å². The highest BCUT2D eigenvalue weighted by molar-refractivity contribution is 6.35. The first-order valence-corrected chi connectivity index (χ1v) is 12.2. The highest BCUT2D eigenvalue weighted by Crippen LogP contribution is 2.38. The molecule has 1 amide bonds. The molecule has 1 aromatic rings. The van der Waals surface area contributed by atoms with Crippen LogP contribution in [0.4, 0.5) is 0 Å². The maximum absolute atomic E-state index is 13.2. The number of likely N-dealkylation sites (tertiary alicyclic amines) is 1. The fourth-order valence-corrected chi connectivity index (χ4v) is 6.05. The van der Waals surface area contributed by atoms with Crippen molar-refractivity contribution >= 4 is 29.1 Å². The number of benzene rings is 1. The number of halogens is 2. The monoisotopic (exact) mass is 453 g/mol. The van der Waals surface area contributed by atoms with E-state index >= 15 is 0 Å². The Morgan fingerprint density at radius 3 is 2.57 bits per heavy atom. The van der Waals surface area contributed by atoms with Gasteiger partial charge in [0.25, 0.3) is 0 Å². The van der Waals surface area contributed by atoms with Crippen LogP contribution in [0.5, 0.6) is 0 Å². The first-order valence-electron chi connectivity index (χ1n) is 11.4. The summed E-state index contributed by atoms with van der Waals surface area (Å²) in [6.45, 7) is 6.18. The molecule has 4 nitrogen and oxygen atoms in total. The maximum Gasteiger partial charge on any atom is 0.226 e. The SMILES string of the molecule is CC1CC(N2CCC(Cc3ccc(Cl)cc3Cl)C2=O)CC(C)C1OC1CCCCO1.